The number of rotatable bonds is 12. The average Bonchev–Trinajstić information content (AvgIpc) is 2.49. The standard InChI is InChI=1S/C14H28N4O3.C2H6/c1-11(18-14(16)21)8-9-13(20)17-10-6-4-2-3-5-7-12(15)19;1-2/h11H,2-10H2,1H3,(H2,15,19)(H,17,20)(H3,16,18,21);1-2H3. The smallest absolute Gasteiger partial charge is 0.312 e. The summed E-state index contributed by atoms with van der Waals surface area (Å²) in [6.07, 6.45) is 6.23. The first kappa shape index (κ1) is 23.5. The summed E-state index contributed by atoms with van der Waals surface area (Å²) in [5.74, 6) is -0.260. The second-order valence-corrected chi connectivity index (χ2v) is 5.28. The molecular formula is C16H34N4O3. The second kappa shape index (κ2) is 16.6. The van der Waals surface area contributed by atoms with Crippen molar-refractivity contribution in [2.24, 2.45) is 11.5 Å². The summed E-state index contributed by atoms with van der Waals surface area (Å²) in [7, 11) is 0. The first-order valence-corrected chi connectivity index (χ1v) is 8.52. The molecule has 0 saturated heterocycles. The minimum atomic E-state index is -0.570. The van der Waals surface area contributed by atoms with Crippen LogP contribution in [-0.4, -0.2) is 30.4 Å². The Balaban J connectivity index is 0. The van der Waals surface area contributed by atoms with Crippen LogP contribution in [0, 0.1) is 0 Å². The largest absolute Gasteiger partial charge is 0.370 e. The fraction of sp³-hybridized carbons (Fsp3) is 0.812. The Morgan fingerprint density at radius 1 is 0.913 bits per heavy atom. The molecular weight excluding hydrogens is 296 g/mol. The van der Waals surface area contributed by atoms with Gasteiger partial charge >= 0.3 is 6.03 Å². The molecule has 0 aromatic carbocycles. The minimum Gasteiger partial charge on any atom is -0.370 e. The highest BCUT2D eigenvalue weighted by molar-refractivity contribution is 5.76. The molecule has 4 amide bonds. The van der Waals surface area contributed by atoms with Crippen LogP contribution in [0.2, 0.25) is 0 Å². The molecule has 0 aliphatic carbocycles. The molecule has 0 aromatic heterocycles. The third-order valence-electron chi connectivity index (χ3n) is 3.12. The zero-order chi connectivity index (χ0) is 18.1. The van der Waals surface area contributed by atoms with E-state index in [0.717, 1.165) is 32.1 Å². The summed E-state index contributed by atoms with van der Waals surface area (Å²) >= 11 is 0. The Hall–Kier alpha value is -1.79. The fourth-order valence-corrected chi connectivity index (χ4v) is 1.93. The highest BCUT2D eigenvalue weighted by Crippen LogP contribution is 2.04. The van der Waals surface area contributed by atoms with Gasteiger partial charge in [0.15, 0.2) is 0 Å². The van der Waals surface area contributed by atoms with Gasteiger partial charge in [0.05, 0.1) is 0 Å². The second-order valence-electron chi connectivity index (χ2n) is 5.28. The quantitative estimate of drug-likeness (QED) is 0.407. The lowest BCUT2D eigenvalue weighted by Gasteiger charge is -2.11. The Kier molecular flexibility index (Phi) is 16.9. The van der Waals surface area contributed by atoms with Gasteiger partial charge in [-0.3, -0.25) is 9.59 Å². The van der Waals surface area contributed by atoms with Crippen LogP contribution in [-0.2, 0) is 9.59 Å². The molecule has 0 saturated carbocycles. The molecule has 0 rings (SSSR count). The Morgan fingerprint density at radius 3 is 2.04 bits per heavy atom. The van der Waals surface area contributed by atoms with E-state index in [1.54, 1.807) is 0 Å². The SMILES string of the molecule is CC.CC(CCC(=O)NCCCCCCCC(N)=O)NC(N)=O. The lowest BCUT2D eigenvalue weighted by atomic mass is 10.1. The molecule has 0 heterocycles. The van der Waals surface area contributed by atoms with Crippen LogP contribution in [0.5, 0.6) is 0 Å². The number of hydrogen-bond acceptors (Lipinski definition) is 3. The van der Waals surface area contributed by atoms with Crippen LogP contribution in [0.25, 0.3) is 0 Å². The van der Waals surface area contributed by atoms with E-state index in [-0.39, 0.29) is 17.9 Å². The number of hydrogen-bond donors (Lipinski definition) is 4. The molecule has 0 fully saturated rings. The summed E-state index contributed by atoms with van der Waals surface area (Å²) < 4.78 is 0. The van der Waals surface area contributed by atoms with Gasteiger partial charge < -0.3 is 22.1 Å². The number of carbonyl (C=O) groups is 3. The molecule has 23 heavy (non-hydrogen) atoms. The van der Waals surface area contributed by atoms with Crippen molar-refractivity contribution in [3.63, 3.8) is 0 Å². The normalized spacial score (nSPS) is 10.9. The molecule has 1 atom stereocenters. The Labute approximate surface area is 139 Å². The van der Waals surface area contributed by atoms with Crippen LogP contribution in [0.1, 0.15) is 72.1 Å². The highest BCUT2D eigenvalue weighted by Gasteiger charge is 2.07. The minimum absolute atomic E-state index is 0.0122. The maximum absolute atomic E-state index is 11.5. The van der Waals surface area contributed by atoms with Crippen molar-refractivity contribution in [1.29, 1.82) is 0 Å². The molecule has 6 N–H and O–H groups in total. The maximum atomic E-state index is 11.5. The molecule has 0 radical (unpaired) electrons. The fourth-order valence-electron chi connectivity index (χ4n) is 1.93. The first-order chi connectivity index (χ1) is 10.9. The number of urea groups is 1. The van der Waals surface area contributed by atoms with E-state index in [2.05, 4.69) is 10.6 Å². The highest BCUT2D eigenvalue weighted by atomic mass is 16.2. The number of amides is 4. The summed E-state index contributed by atoms with van der Waals surface area (Å²) in [5.41, 5.74) is 10.0. The molecule has 7 heteroatoms. The van der Waals surface area contributed by atoms with Crippen molar-refractivity contribution in [3.8, 4) is 0 Å². The third-order valence-corrected chi connectivity index (χ3v) is 3.12. The summed E-state index contributed by atoms with van der Waals surface area (Å²) in [6.45, 7) is 6.47. The number of primary amides is 2. The van der Waals surface area contributed by atoms with Crippen molar-refractivity contribution in [2.45, 2.75) is 78.2 Å². The van der Waals surface area contributed by atoms with Crippen molar-refractivity contribution < 1.29 is 14.4 Å². The average molecular weight is 330 g/mol. The number of carbonyl (C=O) groups excluding carboxylic acids is 3. The van der Waals surface area contributed by atoms with Gasteiger partial charge in [0.2, 0.25) is 11.8 Å². The zero-order valence-corrected chi connectivity index (χ0v) is 14.8. The summed E-state index contributed by atoms with van der Waals surface area (Å²) in [6, 6.07) is -0.669. The Bertz CT molecular complexity index is 335. The van der Waals surface area contributed by atoms with Gasteiger partial charge in [0, 0.05) is 25.4 Å². The van der Waals surface area contributed by atoms with Crippen molar-refractivity contribution in [2.75, 3.05) is 6.54 Å². The zero-order valence-electron chi connectivity index (χ0n) is 14.8. The number of nitrogens with one attached hydrogen (secondary N) is 2. The molecule has 7 nitrogen and oxygen atoms in total. The molecule has 0 spiro atoms. The molecule has 0 aliphatic rings. The van der Waals surface area contributed by atoms with Gasteiger partial charge in [-0.25, -0.2) is 4.79 Å². The summed E-state index contributed by atoms with van der Waals surface area (Å²) in [5, 5.41) is 5.37. The van der Waals surface area contributed by atoms with Crippen LogP contribution < -0.4 is 22.1 Å². The van der Waals surface area contributed by atoms with E-state index in [4.69, 9.17) is 11.5 Å². The summed E-state index contributed by atoms with van der Waals surface area (Å²) in [4.78, 5) is 32.7. The van der Waals surface area contributed by atoms with Gasteiger partial charge in [-0.05, 0) is 26.2 Å². The van der Waals surface area contributed by atoms with E-state index >= 15 is 0 Å². The topological polar surface area (TPSA) is 127 Å². The van der Waals surface area contributed by atoms with Gasteiger partial charge in [-0.15, -0.1) is 0 Å². The molecule has 0 aromatic rings. The number of unbranched alkanes of at least 4 members (excludes halogenated alkanes) is 4. The van der Waals surface area contributed by atoms with E-state index in [1.165, 1.54) is 0 Å². The van der Waals surface area contributed by atoms with Crippen LogP contribution in [0.4, 0.5) is 4.79 Å². The lowest BCUT2D eigenvalue weighted by Crippen LogP contribution is -2.37. The van der Waals surface area contributed by atoms with E-state index in [1.807, 2.05) is 20.8 Å². The Morgan fingerprint density at radius 2 is 1.48 bits per heavy atom. The lowest BCUT2D eigenvalue weighted by molar-refractivity contribution is -0.121. The van der Waals surface area contributed by atoms with Crippen molar-refractivity contribution in [3.05, 3.63) is 0 Å². The molecule has 0 aliphatic heterocycles. The predicted octanol–water partition coefficient (Wildman–Crippen LogP) is 1.79. The molecule has 1 unspecified atom stereocenters. The van der Waals surface area contributed by atoms with Gasteiger partial charge in [0.1, 0.15) is 0 Å². The molecule has 0 bridgehead atoms. The number of nitrogens with two attached hydrogens (primary N) is 2. The third kappa shape index (κ3) is 20.2. The predicted molar refractivity (Wildman–Crippen MR) is 92.7 cm³/mol. The van der Waals surface area contributed by atoms with Crippen LogP contribution in [0.3, 0.4) is 0 Å². The van der Waals surface area contributed by atoms with E-state index in [9.17, 15) is 14.4 Å². The van der Waals surface area contributed by atoms with Gasteiger partial charge in [-0.1, -0.05) is 33.1 Å². The van der Waals surface area contributed by atoms with Crippen molar-refractivity contribution in [1.82, 2.24) is 10.6 Å². The van der Waals surface area contributed by atoms with Crippen LogP contribution >= 0.6 is 0 Å². The van der Waals surface area contributed by atoms with Gasteiger partial charge in [0.25, 0.3) is 0 Å². The van der Waals surface area contributed by atoms with E-state index in [0.29, 0.717) is 25.8 Å². The molecule has 136 valence electrons. The van der Waals surface area contributed by atoms with Crippen molar-refractivity contribution >= 4 is 17.8 Å². The van der Waals surface area contributed by atoms with Crippen LogP contribution in [0.15, 0.2) is 0 Å². The van der Waals surface area contributed by atoms with Gasteiger partial charge in [-0.2, -0.15) is 0 Å². The maximum Gasteiger partial charge on any atom is 0.312 e. The monoisotopic (exact) mass is 330 g/mol. The van der Waals surface area contributed by atoms with E-state index < -0.39 is 6.03 Å². The first-order valence-electron chi connectivity index (χ1n) is 8.52.